The van der Waals surface area contributed by atoms with E-state index in [0.717, 1.165) is 18.4 Å². The minimum Gasteiger partial charge on any atom is -0.460 e. The third kappa shape index (κ3) is 4.86. The molecular weight excluding hydrogens is 388 g/mol. The van der Waals surface area contributed by atoms with Gasteiger partial charge in [-0.2, -0.15) is 0 Å². The van der Waals surface area contributed by atoms with Crippen LogP contribution in [0.4, 0.5) is 0 Å². The predicted molar refractivity (Wildman–Crippen MR) is 112 cm³/mol. The molecule has 0 radical (unpaired) electrons. The van der Waals surface area contributed by atoms with Crippen LogP contribution in [0.1, 0.15) is 18.4 Å². The lowest BCUT2D eigenvalue weighted by Gasteiger charge is -2.16. The summed E-state index contributed by atoms with van der Waals surface area (Å²) in [5.74, 6) is -0.256. The highest BCUT2D eigenvalue weighted by atomic mass is 32.2. The van der Waals surface area contributed by atoms with E-state index in [1.165, 1.54) is 11.8 Å². The molecule has 1 saturated heterocycles. The van der Waals surface area contributed by atoms with Crippen LogP contribution in [-0.2, 0) is 27.4 Å². The predicted octanol–water partition coefficient (Wildman–Crippen LogP) is 3.41. The topological polar surface area (TPSA) is 70.4 Å². The summed E-state index contributed by atoms with van der Waals surface area (Å²) in [6.45, 7) is 1.39. The van der Waals surface area contributed by atoms with Gasteiger partial charge in [0, 0.05) is 6.61 Å². The molecule has 6 nitrogen and oxygen atoms in total. The van der Waals surface area contributed by atoms with Gasteiger partial charge in [-0.05, 0) is 30.5 Å². The minimum atomic E-state index is -0.343. The number of para-hydroxylation sites is 1. The van der Waals surface area contributed by atoms with E-state index in [1.54, 1.807) is 10.6 Å². The van der Waals surface area contributed by atoms with Gasteiger partial charge in [-0.3, -0.25) is 14.2 Å². The van der Waals surface area contributed by atoms with Gasteiger partial charge in [0.05, 0.1) is 29.3 Å². The van der Waals surface area contributed by atoms with E-state index in [2.05, 4.69) is 4.98 Å². The number of fused-ring (bicyclic) bond motifs is 1. The molecule has 2 heterocycles. The molecule has 1 unspecified atom stereocenters. The van der Waals surface area contributed by atoms with E-state index in [1.807, 2.05) is 48.5 Å². The van der Waals surface area contributed by atoms with Crippen molar-refractivity contribution in [2.24, 2.45) is 0 Å². The Kier molecular flexibility index (Phi) is 6.27. The average Bonchev–Trinajstić information content (AvgIpc) is 3.27. The van der Waals surface area contributed by atoms with E-state index in [9.17, 15) is 9.59 Å². The molecule has 0 N–H and O–H groups in total. The van der Waals surface area contributed by atoms with Crippen molar-refractivity contribution < 1.29 is 14.3 Å². The number of nitrogens with zero attached hydrogens (tertiary/aromatic N) is 2. The lowest BCUT2D eigenvalue weighted by atomic mass is 10.2. The van der Waals surface area contributed by atoms with Gasteiger partial charge in [0.15, 0.2) is 5.16 Å². The molecule has 2 aromatic carbocycles. The van der Waals surface area contributed by atoms with Crippen LogP contribution in [0.25, 0.3) is 10.9 Å². The van der Waals surface area contributed by atoms with Crippen LogP contribution in [0.3, 0.4) is 0 Å². The molecular formula is C22H22N2O4S. The third-order valence-electron chi connectivity index (χ3n) is 4.80. The Morgan fingerprint density at radius 2 is 1.97 bits per heavy atom. The zero-order chi connectivity index (χ0) is 20.1. The highest BCUT2D eigenvalue weighted by Crippen LogP contribution is 2.21. The minimum absolute atomic E-state index is 0.0000411. The molecule has 1 aromatic heterocycles. The Hall–Kier alpha value is -2.64. The van der Waals surface area contributed by atoms with Crippen LogP contribution in [0, 0.1) is 0 Å². The Bertz CT molecular complexity index is 1050. The average molecular weight is 410 g/mol. The number of thioether (sulfide) groups is 1. The Labute approximate surface area is 172 Å². The summed E-state index contributed by atoms with van der Waals surface area (Å²) in [6.07, 6.45) is 1.91. The molecule has 1 aliphatic rings. The molecule has 29 heavy (non-hydrogen) atoms. The van der Waals surface area contributed by atoms with Crippen molar-refractivity contribution in [1.82, 2.24) is 9.55 Å². The van der Waals surface area contributed by atoms with Crippen molar-refractivity contribution >= 4 is 28.6 Å². The summed E-state index contributed by atoms with van der Waals surface area (Å²) < 4.78 is 12.7. The molecule has 150 valence electrons. The van der Waals surface area contributed by atoms with Crippen molar-refractivity contribution in [3.05, 3.63) is 70.5 Å². The van der Waals surface area contributed by atoms with Crippen LogP contribution < -0.4 is 5.56 Å². The fourth-order valence-electron chi connectivity index (χ4n) is 3.31. The zero-order valence-corrected chi connectivity index (χ0v) is 16.8. The molecule has 0 bridgehead atoms. The molecule has 1 aliphatic heterocycles. The van der Waals surface area contributed by atoms with Crippen molar-refractivity contribution in [2.75, 3.05) is 12.4 Å². The van der Waals surface area contributed by atoms with Crippen molar-refractivity contribution in [1.29, 1.82) is 0 Å². The van der Waals surface area contributed by atoms with E-state index in [4.69, 9.17) is 9.47 Å². The molecule has 1 atom stereocenters. The summed E-state index contributed by atoms with van der Waals surface area (Å²) in [5, 5.41) is 1.09. The quantitative estimate of drug-likeness (QED) is 0.338. The highest BCUT2D eigenvalue weighted by molar-refractivity contribution is 7.99. The monoisotopic (exact) mass is 410 g/mol. The molecule has 0 saturated carbocycles. The third-order valence-corrected chi connectivity index (χ3v) is 5.75. The van der Waals surface area contributed by atoms with Gasteiger partial charge in [-0.15, -0.1) is 0 Å². The fraction of sp³-hybridized carbons (Fsp3) is 0.318. The maximum Gasteiger partial charge on any atom is 0.316 e. The summed E-state index contributed by atoms with van der Waals surface area (Å²) in [5.41, 5.74) is 1.46. The van der Waals surface area contributed by atoms with Gasteiger partial charge in [-0.25, -0.2) is 4.98 Å². The molecule has 4 rings (SSSR count). The van der Waals surface area contributed by atoms with E-state index < -0.39 is 0 Å². The Morgan fingerprint density at radius 3 is 2.76 bits per heavy atom. The number of aromatic nitrogens is 2. The van der Waals surface area contributed by atoms with Crippen molar-refractivity contribution in [3.63, 3.8) is 0 Å². The Balaban J connectivity index is 1.50. The van der Waals surface area contributed by atoms with Gasteiger partial charge in [0.2, 0.25) is 0 Å². The molecule has 0 spiro atoms. The first-order valence-corrected chi connectivity index (χ1v) is 10.6. The number of carbonyl (C=O) groups excluding carboxylic acids is 1. The van der Waals surface area contributed by atoms with Crippen molar-refractivity contribution in [2.45, 2.75) is 37.3 Å². The van der Waals surface area contributed by atoms with Crippen LogP contribution >= 0.6 is 11.8 Å². The summed E-state index contributed by atoms with van der Waals surface area (Å²) in [6, 6.07) is 16.8. The fourth-order valence-corrected chi connectivity index (χ4v) is 4.12. The maximum atomic E-state index is 13.0. The van der Waals surface area contributed by atoms with E-state index >= 15 is 0 Å². The van der Waals surface area contributed by atoms with E-state index in [0.29, 0.717) is 29.2 Å². The number of esters is 1. The Morgan fingerprint density at radius 1 is 1.17 bits per heavy atom. The summed E-state index contributed by atoms with van der Waals surface area (Å²) >= 11 is 1.22. The normalized spacial score (nSPS) is 16.2. The summed E-state index contributed by atoms with van der Waals surface area (Å²) in [4.78, 5) is 29.9. The van der Waals surface area contributed by atoms with Gasteiger partial charge >= 0.3 is 5.97 Å². The lowest BCUT2D eigenvalue weighted by molar-refractivity contribution is -0.141. The number of rotatable bonds is 7. The first-order chi connectivity index (χ1) is 14.2. The second kappa shape index (κ2) is 9.24. The van der Waals surface area contributed by atoms with E-state index in [-0.39, 0.29) is 30.0 Å². The van der Waals surface area contributed by atoms with Crippen LogP contribution in [0.5, 0.6) is 0 Å². The first-order valence-electron chi connectivity index (χ1n) is 9.64. The van der Waals surface area contributed by atoms with Gasteiger partial charge in [0.25, 0.3) is 5.56 Å². The van der Waals surface area contributed by atoms with Crippen LogP contribution in [-0.4, -0.2) is 34.0 Å². The number of hydrogen-bond donors (Lipinski definition) is 0. The molecule has 0 amide bonds. The number of benzene rings is 2. The number of hydrogen-bond acceptors (Lipinski definition) is 6. The molecule has 3 aromatic rings. The summed E-state index contributed by atoms with van der Waals surface area (Å²) in [7, 11) is 0. The van der Waals surface area contributed by atoms with Crippen LogP contribution in [0.15, 0.2) is 64.5 Å². The SMILES string of the molecule is O=C(CSc1nc2ccccc2c(=O)n1CC1CCCO1)OCc1ccccc1. The van der Waals surface area contributed by atoms with Crippen molar-refractivity contribution in [3.8, 4) is 0 Å². The first kappa shape index (κ1) is 19.7. The number of ether oxygens (including phenoxy) is 2. The second-order valence-electron chi connectivity index (χ2n) is 6.90. The number of carbonyl (C=O) groups is 1. The molecule has 7 heteroatoms. The highest BCUT2D eigenvalue weighted by Gasteiger charge is 2.20. The van der Waals surface area contributed by atoms with Crippen LogP contribution in [0.2, 0.25) is 0 Å². The zero-order valence-electron chi connectivity index (χ0n) is 16.0. The smallest absolute Gasteiger partial charge is 0.316 e. The maximum absolute atomic E-state index is 13.0. The standard InChI is InChI=1S/C22H22N2O4S/c25-20(28-14-16-7-2-1-3-8-16)15-29-22-23-19-11-5-4-10-18(19)21(26)24(22)13-17-9-6-12-27-17/h1-5,7-8,10-11,17H,6,9,12-15H2. The van der Waals surface area contributed by atoms with Gasteiger partial charge in [-0.1, -0.05) is 54.2 Å². The molecule has 0 aliphatic carbocycles. The lowest BCUT2D eigenvalue weighted by Crippen LogP contribution is -2.29. The van der Waals surface area contributed by atoms with Gasteiger partial charge in [0.1, 0.15) is 6.61 Å². The molecule has 1 fully saturated rings. The second-order valence-corrected chi connectivity index (χ2v) is 7.84. The van der Waals surface area contributed by atoms with Gasteiger partial charge < -0.3 is 9.47 Å². The largest absolute Gasteiger partial charge is 0.460 e.